The lowest BCUT2D eigenvalue weighted by Crippen LogP contribution is -2.37. The van der Waals surface area contributed by atoms with Crippen LogP contribution in [0.4, 0.5) is 0 Å². The van der Waals surface area contributed by atoms with Crippen LogP contribution in [0.3, 0.4) is 0 Å². The molecule has 0 amide bonds. The Morgan fingerprint density at radius 1 is 1.19 bits per heavy atom. The number of hydrogen-bond donors (Lipinski definition) is 0. The molecule has 0 fully saturated rings. The molecule has 0 aliphatic heterocycles. The maximum absolute atomic E-state index is 12.4. The molecule has 1 atom stereocenters. The largest absolute Gasteiger partial charge is 0.468 e. The lowest BCUT2D eigenvalue weighted by atomic mass is 10.1. The van der Waals surface area contributed by atoms with Crippen LogP contribution < -0.4 is 0 Å². The predicted octanol–water partition coefficient (Wildman–Crippen LogP) is 2.78. The number of hydrogen-bond acceptors (Lipinski definition) is 4. The summed E-state index contributed by atoms with van der Waals surface area (Å²) in [4.78, 5) is 10.1. The predicted molar refractivity (Wildman–Crippen MR) is 82.3 cm³/mol. The molecule has 112 valence electrons. The Morgan fingerprint density at radius 3 is 2.43 bits per heavy atom. The molecule has 1 unspecified atom stereocenters. The number of alkyl halides is 1. The third-order valence-corrected chi connectivity index (χ3v) is 5.53. The van der Waals surface area contributed by atoms with Gasteiger partial charge in [0.15, 0.2) is 14.7 Å². The fraction of sp³-hybridized carbons (Fsp3) is 0.267. The van der Waals surface area contributed by atoms with Crippen LogP contribution in [-0.4, -0.2) is 32.1 Å². The molecule has 4 nitrogen and oxygen atoms in total. The van der Waals surface area contributed by atoms with Crippen LogP contribution in [0.25, 0.3) is 10.8 Å². The molecule has 21 heavy (non-hydrogen) atoms. The highest BCUT2D eigenvalue weighted by Gasteiger charge is 2.37. The summed E-state index contributed by atoms with van der Waals surface area (Å²) in [5.41, 5.74) is 0. The zero-order chi connectivity index (χ0) is 15.7. The number of carbonyl (C=O) groups excluding carboxylic acids is 1. The van der Waals surface area contributed by atoms with Crippen molar-refractivity contribution in [3.63, 3.8) is 0 Å². The second-order valence-corrected chi connectivity index (χ2v) is 7.78. The first kappa shape index (κ1) is 15.8. The zero-order valence-corrected chi connectivity index (χ0v) is 13.2. The van der Waals surface area contributed by atoms with Crippen molar-refractivity contribution < 1.29 is 17.9 Å². The van der Waals surface area contributed by atoms with Gasteiger partial charge in [0.1, 0.15) is 0 Å². The average Bonchev–Trinajstić information content (AvgIpc) is 2.44. The monoisotopic (exact) mass is 326 g/mol. The quantitative estimate of drug-likeness (QED) is 0.640. The molecule has 6 heteroatoms. The molecule has 2 rings (SSSR count). The lowest BCUT2D eigenvalue weighted by Gasteiger charge is -2.18. The number of fused-ring (bicyclic) bond motifs is 1. The van der Waals surface area contributed by atoms with Crippen molar-refractivity contribution in [1.29, 1.82) is 0 Å². The molecule has 0 spiro atoms. The van der Waals surface area contributed by atoms with E-state index in [0.29, 0.717) is 0 Å². The van der Waals surface area contributed by atoms with Crippen LogP contribution in [0, 0.1) is 0 Å². The average molecular weight is 327 g/mol. The summed E-state index contributed by atoms with van der Waals surface area (Å²) >= 11 is 5.99. The summed E-state index contributed by atoms with van der Waals surface area (Å²) in [6, 6.07) is 12.3. The molecule has 0 saturated heterocycles. The van der Waals surface area contributed by atoms with Gasteiger partial charge in [0, 0.05) is 0 Å². The molecular formula is C15H15ClO4S. The zero-order valence-electron chi connectivity index (χ0n) is 11.7. The summed E-state index contributed by atoms with van der Waals surface area (Å²) < 4.78 is 29.4. The van der Waals surface area contributed by atoms with Gasteiger partial charge in [-0.3, -0.25) is 4.79 Å². The number of halogens is 1. The van der Waals surface area contributed by atoms with E-state index < -0.39 is 26.4 Å². The van der Waals surface area contributed by atoms with Crippen molar-refractivity contribution >= 4 is 38.2 Å². The Kier molecular flexibility index (Phi) is 4.25. The van der Waals surface area contributed by atoms with Crippen LogP contribution in [0.5, 0.6) is 0 Å². The topological polar surface area (TPSA) is 60.4 Å². The van der Waals surface area contributed by atoms with Gasteiger partial charge in [0.05, 0.1) is 17.8 Å². The summed E-state index contributed by atoms with van der Waals surface area (Å²) in [6.45, 7) is 1.33. The van der Waals surface area contributed by atoms with Crippen LogP contribution >= 0.6 is 11.6 Å². The van der Waals surface area contributed by atoms with E-state index in [1.807, 2.05) is 24.3 Å². The molecule has 0 N–H and O–H groups in total. The second-order valence-electron chi connectivity index (χ2n) is 4.96. The second kappa shape index (κ2) is 5.66. The summed E-state index contributed by atoms with van der Waals surface area (Å²) in [5.74, 6) is -1.29. The molecular weight excluding hydrogens is 312 g/mol. The van der Waals surface area contributed by atoms with Gasteiger partial charge < -0.3 is 4.74 Å². The highest BCUT2D eigenvalue weighted by Crippen LogP contribution is 2.25. The molecule has 0 heterocycles. The first-order valence-corrected chi connectivity index (χ1v) is 8.28. The smallest absolute Gasteiger partial charge is 0.327 e. The van der Waals surface area contributed by atoms with Crippen molar-refractivity contribution in [2.24, 2.45) is 0 Å². The van der Waals surface area contributed by atoms with E-state index in [9.17, 15) is 13.2 Å². The first-order valence-electron chi connectivity index (χ1n) is 6.25. The molecule has 0 aliphatic rings. The minimum atomic E-state index is -3.70. The number of benzene rings is 2. The standard InChI is InChI=1S/C15H15ClO4S/c1-15(16,14(17)20-2)10-21(18,19)13-8-7-11-5-3-4-6-12(11)9-13/h3-9H,10H2,1-2H3. The number of ether oxygens (including phenoxy) is 1. The molecule has 0 bridgehead atoms. The Bertz CT molecular complexity index is 781. The molecule has 2 aromatic carbocycles. The summed E-state index contributed by atoms with van der Waals surface area (Å²) in [6.07, 6.45) is 0. The molecule has 0 aliphatic carbocycles. The van der Waals surface area contributed by atoms with E-state index in [1.165, 1.54) is 20.1 Å². The van der Waals surface area contributed by atoms with Gasteiger partial charge in [-0.1, -0.05) is 30.3 Å². The van der Waals surface area contributed by atoms with E-state index in [2.05, 4.69) is 4.74 Å². The summed E-state index contributed by atoms with van der Waals surface area (Å²) in [5, 5.41) is 1.76. The Hall–Kier alpha value is -1.59. The Labute approximate surface area is 128 Å². The highest BCUT2D eigenvalue weighted by molar-refractivity contribution is 7.91. The normalized spacial score (nSPS) is 14.6. The van der Waals surface area contributed by atoms with Gasteiger partial charge >= 0.3 is 5.97 Å². The number of sulfone groups is 1. The molecule has 0 saturated carbocycles. The SMILES string of the molecule is COC(=O)C(C)(Cl)CS(=O)(=O)c1ccc2ccccc2c1. The van der Waals surface area contributed by atoms with Gasteiger partial charge in [-0.25, -0.2) is 8.42 Å². The van der Waals surface area contributed by atoms with Gasteiger partial charge in [-0.05, 0) is 29.8 Å². The van der Waals surface area contributed by atoms with Crippen molar-refractivity contribution in [1.82, 2.24) is 0 Å². The van der Waals surface area contributed by atoms with Gasteiger partial charge in [-0.2, -0.15) is 0 Å². The molecule has 0 radical (unpaired) electrons. The van der Waals surface area contributed by atoms with E-state index in [-0.39, 0.29) is 4.90 Å². The maximum Gasteiger partial charge on any atom is 0.327 e. The minimum absolute atomic E-state index is 0.136. The number of carbonyl (C=O) groups is 1. The van der Waals surface area contributed by atoms with Crippen molar-refractivity contribution in [3.8, 4) is 0 Å². The van der Waals surface area contributed by atoms with Crippen LogP contribution in [0.15, 0.2) is 47.4 Å². The minimum Gasteiger partial charge on any atom is -0.468 e. The molecule has 2 aromatic rings. The van der Waals surface area contributed by atoms with Crippen molar-refractivity contribution in [2.45, 2.75) is 16.7 Å². The number of esters is 1. The fourth-order valence-electron chi connectivity index (χ4n) is 2.07. The third-order valence-electron chi connectivity index (χ3n) is 3.15. The van der Waals surface area contributed by atoms with E-state index in [1.54, 1.807) is 12.1 Å². The van der Waals surface area contributed by atoms with Crippen LogP contribution in [-0.2, 0) is 19.4 Å². The maximum atomic E-state index is 12.4. The number of methoxy groups -OCH3 is 1. The number of rotatable bonds is 4. The highest BCUT2D eigenvalue weighted by atomic mass is 35.5. The molecule has 0 aromatic heterocycles. The van der Waals surface area contributed by atoms with E-state index >= 15 is 0 Å². The Balaban J connectivity index is 2.40. The Morgan fingerprint density at radius 2 is 1.81 bits per heavy atom. The summed E-state index contributed by atoms with van der Waals surface area (Å²) in [7, 11) is -2.53. The fourth-order valence-corrected chi connectivity index (χ4v) is 4.16. The first-order chi connectivity index (χ1) is 9.76. The van der Waals surface area contributed by atoms with Gasteiger partial charge in [0.2, 0.25) is 0 Å². The van der Waals surface area contributed by atoms with E-state index in [0.717, 1.165) is 10.8 Å². The van der Waals surface area contributed by atoms with Crippen LogP contribution in [0.1, 0.15) is 6.92 Å². The van der Waals surface area contributed by atoms with Gasteiger partial charge in [0.25, 0.3) is 0 Å². The third kappa shape index (κ3) is 3.36. The lowest BCUT2D eigenvalue weighted by molar-refractivity contribution is -0.142. The van der Waals surface area contributed by atoms with E-state index in [4.69, 9.17) is 11.6 Å². The van der Waals surface area contributed by atoms with Gasteiger partial charge in [-0.15, -0.1) is 11.6 Å². The van der Waals surface area contributed by atoms with Crippen LogP contribution in [0.2, 0.25) is 0 Å². The van der Waals surface area contributed by atoms with Crippen molar-refractivity contribution in [2.75, 3.05) is 12.9 Å². The van der Waals surface area contributed by atoms with Crippen molar-refractivity contribution in [3.05, 3.63) is 42.5 Å².